The number of benzene rings is 1. The van der Waals surface area contributed by atoms with Crippen molar-refractivity contribution in [1.82, 2.24) is 10.2 Å². The number of nitrogens with zero attached hydrogens (tertiary/aromatic N) is 1. The molecule has 0 atom stereocenters. The smallest absolute Gasteiger partial charge is 0.251 e. The first kappa shape index (κ1) is 19.2. The Morgan fingerprint density at radius 1 is 1.07 bits per heavy atom. The van der Waals surface area contributed by atoms with Crippen molar-refractivity contribution in [3.63, 3.8) is 0 Å². The van der Waals surface area contributed by atoms with Crippen molar-refractivity contribution >= 4 is 28.9 Å². The summed E-state index contributed by atoms with van der Waals surface area (Å²) in [5, 5.41) is 4.78. The van der Waals surface area contributed by atoms with Gasteiger partial charge < -0.3 is 10.2 Å². The Hall–Kier alpha value is -2.54. The van der Waals surface area contributed by atoms with Crippen LogP contribution in [-0.2, 0) is 4.79 Å². The summed E-state index contributed by atoms with van der Waals surface area (Å²) in [6.45, 7) is 1.11. The van der Waals surface area contributed by atoms with Gasteiger partial charge in [-0.15, -0.1) is 11.3 Å². The summed E-state index contributed by atoms with van der Waals surface area (Å²) >= 11 is 1.39. The highest BCUT2D eigenvalue weighted by molar-refractivity contribution is 7.12. The lowest BCUT2D eigenvalue weighted by Gasteiger charge is -2.32. The maximum absolute atomic E-state index is 12.9. The van der Waals surface area contributed by atoms with Crippen molar-refractivity contribution in [3.8, 4) is 0 Å². The van der Waals surface area contributed by atoms with Crippen LogP contribution in [0.2, 0.25) is 0 Å². The van der Waals surface area contributed by atoms with Crippen molar-refractivity contribution in [3.05, 3.63) is 58.0 Å². The van der Waals surface area contributed by atoms with Crippen LogP contribution in [-0.4, -0.2) is 41.6 Å². The molecule has 2 aromatic rings. The van der Waals surface area contributed by atoms with E-state index in [1.54, 1.807) is 11.0 Å². The summed E-state index contributed by atoms with van der Waals surface area (Å²) in [6.07, 6.45) is 1.76. The summed E-state index contributed by atoms with van der Waals surface area (Å²) in [5.74, 6) is -0.639. The van der Waals surface area contributed by atoms with Crippen LogP contribution < -0.4 is 5.32 Å². The van der Waals surface area contributed by atoms with Gasteiger partial charge in [0.25, 0.3) is 5.91 Å². The van der Waals surface area contributed by atoms with Crippen LogP contribution in [0.5, 0.6) is 0 Å². The van der Waals surface area contributed by atoms with E-state index in [0.717, 1.165) is 0 Å². The van der Waals surface area contributed by atoms with Gasteiger partial charge in [-0.2, -0.15) is 0 Å². The van der Waals surface area contributed by atoms with E-state index in [4.69, 9.17) is 0 Å². The molecule has 0 aliphatic carbocycles. The fraction of sp³-hybridized carbons (Fsp3) is 0.350. The first-order chi connectivity index (χ1) is 13.0. The topological polar surface area (TPSA) is 66.5 Å². The van der Waals surface area contributed by atoms with Gasteiger partial charge in [0.15, 0.2) is 5.78 Å². The van der Waals surface area contributed by atoms with Gasteiger partial charge in [0.2, 0.25) is 5.91 Å². The fourth-order valence-corrected chi connectivity index (χ4v) is 3.78. The molecule has 1 aromatic carbocycles. The Morgan fingerprint density at radius 2 is 1.78 bits per heavy atom. The molecule has 1 aliphatic rings. The third-order valence-corrected chi connectivity index (χ3v) is 5.56. The van der Waals surface area contributed by atoms with E-state index >= 15 is 0 Å². The average Bonchev–Trinajstić information content (AvgIpc) is 3.22. The van der Waals surface area contributed by atoms with Crippen LogP contribution >= 0.6 is 11.3 Å². The summed E-state index contributed by atoms with van der Waals surface area (Å²) in [7, 11) is 0. The minimum Gasteiger partial charge on any atom is -0.349 e. The number of likely N-dealkylation sites (tertiary alicyclic amines) is 1. The van der Waals surface area contributed by atoms with Gasteiger partial charge in [-0.05, 0) is 48.6 Å². The van der Waals surface area contributed by atoms with Crippen molar-refractivity contribution in [2.45, 2.75) is 31.7 Å². The minimum atomic E-state index is -0.379. The van der Waals surface area contributed by atoms with E-state index in [9.17, 15) is 18.8 Å². The van der Waals surface area contributed by atoms with Crippen molar-refractivity contribution in [1.29, 1.82) is 0 Å². The maximum Gasteiger partial charge on any atom is 0.251 e. The van der Waals surface area contributed by atoms with Crippen LogP contribution in [0.3, 0.4) is 0 Å². The molecule has 27 heavy (non-hydrogen) atoms. The van der Waals surface area contributed by atoms with Crippen LogP contribution in [0.25, 0.3) is 0 Å². The normalized spacial score (nSPS) is 14.8. The number of amides is 2. The van der Waals surface area contributed by atoms with E-state index in [1.165, 1.54) is 35.6 Å². The molecule has 5 nitrogen and oxygen atoms in total. The number of ketones is 1. The predicted octanol–water partition coefficient (Wildman–Crippen LogP) is 3.27. The van der Waals surface area contributed by atoms with E-state index < -0.39 is 0 Å². The van der Waals surface area contributed by atoms with E-state index in [-0.39, 0.29) is 42.3 Å². The van der Waals surface area contributed by atoms with Gasteiger partial charge in [0.1, 0.15) is 5.82 Å². The number of carbonyl (C=O) groups excluding carboxylic acids is 3. The molecular weight excluding hydrogens is 367 g/mol. The lowest BCUT2D eigenvalue weighted by molar-refractivity contribution is -0.132. The number of carbonyl (C=O) groups is 3. The molecule has 1 fully saturated rings. The SMILES string of the molecule is O=C(NC1CCN(C(=O)CCC(=O)c2cccs2)CC1)c1ccc(F)cc1. The average molecular weight is 388 g/mol. The molecule has 1 saturated heterocycles. The highest BCUT2D eigenvalue weighted by Crippen LogP contribution is 2.16. The van der Waals surface area contributed by atoms with Crippen LogP contribution in [0.1, 0.15) is 45.7 Å². The van der Waals surface area contributed by atoms with Crippen molar-refractivity contribution < 1.29 is 18.8 Å². The molecule has 1 aromatic heterocycles. The van der Waals surface area contributed by atoms with Gasteiger partial charge in [0.05, 0.1) is 4.88 Å². The van der Waals surface area contributed by atoms with Gasteiger partial charge in [-0.1, -0.05) is 6.07 Å². The Balaban J connectivity index is 1.41. The van der Waals surface area contributed by atoms with E-state index in [0.29, 0.717) is 36.4 Å². The third kappa shape index (κ3) is 5.23. The Kier molecular flexibility index (Phi) is 6.34. The molecule has 0 saturated carbocycles. The van der Waals surface area contributed by atoms with Gasteiger partial charge in [-0.25, -0.2) is 4.39 Å². The Morgan fingerprint density at radius 3 is 2.41 bits per heavy atom. The molecule has 3 rings (SSSR count). The predicted molar refractivity (Wildman–Crippen MR) is 101 cm³/mol. The number of halogens is 1. The lowest BCUT2D eigenvalue weighted by atomic mass is 10.0. The van der Waals surface area contributed by atoms with Gasteiger partial charge >= 0.3 is 0 Å². The summed E-state index contributed by atoms with van der Waals surface area (Å²) in [5.41, 5.74) is 0.419. The quantitative estimate of drug-likeness (QED) is 0.773. The first-order valence-electron chi connectivity index (χ1n) is 8.94. The van der Waals surface area contributed by atoms with Crippen LogP contribution in [0, 0.1) is 5.82 Å². The molecule has 142 valence electrons. The van der Waals surface area contributed by atoms with Crippen LogP contribution in [0.4, 0.5) is 4.39 Å². The largest absolute Gasteiger partial charge is 0.349 e. The third-order valence-electron chi connectivity index (χ3n) is 4.65. The zero-order valence-corrected chi connectivity index (χ0v) is 15.6. The van der Waals surface area contributed by atoms with E-state index in [1.807, 2.05) is 11.4 Å². The molecule has 0 spiro atoms. The molecule has 0 radical (unpaired) electrons. The molecule has 2 amide bonds. The number of rotatable bonds is 6. The molecule has 1 N–H and O–H groups in total. The summed E-state index contributed by atoms with van der Waals surface area (Å²) in [4.78, 5) is 38.9. The number of hydrogen-bond donors (Lipinski definition) is 1. The molecule has 2 heterocycles. The number of Topliss-reactive ketones (excluding diaryl/α,β-unsaturated/α-hetero) is 1. The molecular formula is C20H21FN2O3S. The number of hydrogen-bond acceptors (Lipinski definition) is 4. The minimum absolute atomic E-state index is 0.000188. The number of nitrogens with one attached hydrogen (secondary N) is 1. The lowest BCUT2D eigenvalue weighted by Crippen LogP contribution is -2.46. The Labute approximate surface area is 161 Å². The second-order valence-electron chi connectivity index (χ2n) is 6.54. The molecule has 0 unspecified atom stereocenters. The Bertz CT molecular complexity index is 797. The van der Waals surface area contributed by atoms with Crippen molar-refractivity contribution in [2.75, 3.05) is 13.1 Å². The van der Waals surface area contributed by atoms with Gasteiger partial charge in [0, 0.05) is 37.5 Å². The molecule has 7 heteroatoms. The first-order valence-corrected chi connectivity index (χ1v) is 9.82. The summed E-state index contributed by atoms with van der Waals surface area (Å²) < 4.78 is 12.9. The number of thiophene rings is 1. The highest BCUT2D eigenvalue weighted by Gasteiger charge is 2.24. The zero-order chi connectivity index (χ0) is 19.2. The zero-order valence-electron chi connectivity index (χ0n) is 14.8. The fourth-order valence-electron chi connectivity index (χ4n) is 3.08. The monoisotopic (exact) mass is 388 g/mol. The van der Waals surface area contributed by atoms with E-state index in [2.05, 4.69) is 5.32 Å². The molecule has 0 bridgehead atoms. The summed E-state index contributed by atoms with van der Waals surface area (Å²) in [6, 6.07) is 9.00. The van der Waals surface area contributed by atoms with Crippen molar-refractivity contribution in [2.24, 2.45) is 0 Å². The maximum atomic E-state index is 12.9. The second kappa shape index (κ2) is 8.90. The van der Waals surface area contributed by atoms with Crippen LogP contribution in [0.15, 0.2) is 41.8 Å². The second-order valence-corrected chi connectivity index (χ2v) is 7.48. The number of piperidine rings is 1. The standard InChI is InChI=1S/C20H21FN2O3S/c21-15-5-3-14(4-6-15)20(26)22-16-9-11-23(12-10-16)19(25)8-7-17(24)18-2-1-13-27-18/h1-6,13,16H,7-12H2,(H,22,26). The molecule has 1 aliphatic heterocycles. The highest BCUT2D eigenvalue weighted by atomic mass is 32.1. The van der Waals surface area contributed by atoms with Gasteiger partial charge in [-0.3, -0.25) is 14.4 Å².